The Kier molecular flexibility index (Phi) is 8.37. The maximum Gasteiger partial charge on any atom is 0.263 e. The van der Waals surface area contributed by atoms with Gasteiger partial charge in [-0.1, -0.05) is 37.0 Å². The lowest BCUT2D eigenvalue weighted by molar-refractivity contribution is -0.116. The summed E-state index contributed by atoms with van der Waals surface area (Å²) in [6, 6.07) is 4.78. The molecule has 2 amide bonds. The molecule has 1 aliphatic heterocycles. The van der Waals surface area contributed by atoms with E-state index in [1.807, 2.05) is 0 Å². The summed E-state index contributed by atoms with van der Waals surface area (Å²) >= 11 is 12.6. The quantitative estimate of drug-likeness (QED) is 0.282. The highest BCUT2D eigenvalue weighted by Gasteiger charge is 2.29. The number of halogens is 2. The Bertz CT molecular complexity index is 1800. The van der Waals surface area contributed by atoms with E-state index < -0.39 is 17.6 Å². The molecule has 226 valence electrons. The van der Waals surface area contributed by atoms with Gasteiger partial charge >= 0.3 is 0 Å². The Morgan fingerprint density at radius 1 is 1.14 bits per heavy atom. The van der Waals surface area contributed by atoms with Crippen LogP contribution in [0.4, 0.5) is 11.5 Å². The number of benzene rings is 1. The second-order valence-electron chi connectivity index (χ2n) is 11.1. The van der Waals surface area contributed by atoms with E-state index in [1.165, 1.54) is 33.8 Å². The molecule has 14 heteroatoms. The van der Waals surface area contributed by atoms with Crippen LogP contribution in [-0.2, 0) is 18.4 Å². The molecule has 4 aromatic rings. The summed E-state index contributed by atoms with van der Waals surface area (Å²) in [6.45, 7) is 6.71. The molecule has 12 nitrogen and oxygen atoms in total. The normalized spacial score (nSPS) is 15.8. The fourth-order valence-electron chi connectivity index (χ4n) is 5.38. The molecule has 1 atom stereocenters. The number of fused-ring (bicyclic) bond motifs is 1. The van der Waals surface area contributed by atoms with Gasteiger partial charge in [0.2, 0.25) is 5.91 Å². The van der Waals surface area contributed by atoms with Gasteiger partial charge in [0.05, 0.1) is 39.2 Å². The van der Waals surface area contributed by atoms with Crippen molar-refractivity contribution in [2.45, 2.75) is 26.4 Å². The van der Waals surface area contributed by atoms with Gasteiger partial charge in [0.15, 0.2) is 0 Å². The lowest BCUT2D eigenvalue weighted by Crippen LogP contribution is -2.54. The smallest absolute Gasteiger partial charge is 0.263 e. The fourth-order valence-corrected chi connectivity index (χ4v) is 5.75. The summed E-state index contributed by atoms with van der Waals surface area (Å²) in [5, 5.41) is 13.5. The lowest BCUT2D eigenvalue weighted by Gasteiger charge is -2.43. The Morgan fingerprint density at radius 3 is 2.58 bits per heavy atom. The number of aromatic nitrogens is 4. The lowest BCUT2D eigenvalue weighted by atomic mass is 9.99. The van der Waals surface area contributed by atoms with Gasteiger partial charge in [0.25, 0.3) is 11.5 Å². The van der Waals surface area contributed by atoms with Crippen molar-refractivity contribution in [2.24, 2.45) is 18.7 Å². The molecular formula is C29H32Cl2N8O4. The molecule has 0 saturated carbocycles. The van der Waals surface area contributed by atoms with Gasteiger partial charge in [-0.05, 0) is 30.7 Å². The summed E-state index contributed by atoms with van der Waals surface area (Å²) in [5.41, 5.74) is 6.21. The first-order valence-electron chi connectivity index (χ1n) is 13.6. The van der Waals surface area contributed by atoms with Crippen molar-refractivity contribution >= 4 is 57.6 Å². The van der Waals surface area contributed by atoms with Crippen LogP contribution >= 0.6 is 23.2 Å². The number of rotatable bonds is 7. The summed E-state index contributed by atoms with van der Waals surface area (Å²) < 4.78 is 2.83. The first-order valence-corrected chi connectivity index (χ1v) is 14.4. The Morgan fingerprint density at radius 2 is 1.88 bits per heavy atom. The van der Waals surface area contributed by atoms with Crippen LogP contribution in [0, 0.1) is 5.92 Å². The highest BCUT2D eigenvalue weighted by atomic mass is 35.5. The maximum absolute atomic E-state index is 13.4. The molecule has 4 heterocycles. The van der Waals surface area contributed by atoms with Crippen LogP contribution in [0.25, 0.3) is 22.2 Å². The number of aromatic hydroxyl groups is 1. The number of amides is 2. The van der Waals surface area contributed by atoms with Crippen molar-refractivity contribution in [3.05, 3.63) is 62.9 Å². The van der Waals surface area contributed by atoms with Gasteiger partial charge in [-0.15, -0.1) is 0 Å². The number of likely N-dealkylation sites (N-methyl/N-ethyl adjacent to an activating group) is 1. The third kappa shape index (κ3) is 5.90. The number of hydrogen-bond acceptors (Lipinski definition) is 8. The van der Waals surface area contributed by atoms with Crippen LogP contribution in [0.2, 0.25) is 10.0 Å². The summed E-state index contributed by atoms with van der Waals surface area (Å²) in [5.74, 6) is -0.653. The number of pyridine rings is 1. The van der Waals surface area contributed by atoms with Gasteiger partial charge in [0, 0.05) is 50.6 Å². The van der Waals surface area contributed by atoms with Crippen LogP contribution in [0.3, 0.4) is 0 Å². The molecule has 3 aromatic heterocycles. The number of nitrogens with zero attached hydrogens (tertiary/aromatic N) is 6. The molecule has 0 unspecified atom stereocenters. The van der Waals surface area contributed by atoms with E-state index in [2.05, 4.69) is 46.0 Å². The first kappa shape index (κ1) is 30.3. The van der Waals surface area contributed by atoms with Crippen LogP contribution in [0.15, 0.2) is 41.7 Å². The molecule has 4 N–H and O–H groups in total. The molecule has 1 aliphatic rings. The van der Waals surface area contributed by atoms with Crippen LogP contribution in [0.5, 0.6) is 5.75 Å². The van der Waals surface area contributed by atoms with Crippen LogP contribution in [-0.4, -0.2) is 73.6 Å². The molecule has 0 spiro atoms. The van der Waals surface area contributed by atoms with E-state index in [-0.39, 0.29) is 44.8 Å². The van der Waals surface area contributed by atoms with Gasteiger partial charge in [0.1, 0.15) is 23.8 Å². The molecule has 0 bridgehead atoms. The van der Waals surface area contributed by atoms with Gasteiger partial charge in [-0.2, -0.15) is 0 Å². The Hall–Kier alpha value is -4.13. The molecule has 0 aliphatic carbocycles. The SMILES string of the molecule is CC(C)[C@H]1CN(C)CCN1c1cc(NC(=O)Cn2cc(-c3cc(Cl)c(O)c(C(N)=O)c3)c3c(=O)n(C)cnc32)c(Cl)cn1. The minimum absolute atomic E-state index is 0.117. The molecule has 0 radical (unpaired) electrons. The Balaban J connectivity index is 1.48. The van der Waals surface area contributed by atoms with Crippen molar-refractivity contribution in [2.75, 3.05) is 36.9 Å². The zero-order chi connectivity index (χ0) is 31.2. The number of nitrogens with two attached hydrogens (primary N) is 1. The second-order valence-corrected chi connectivity index (χ2v) is 11.9. The number of carbonyl (C=O) groups excluding carboxylic acids is 2. The van der Waals surface area contributed by atoms with Gasteiger partial charge in [-0.3, -0.25) is 14.4 Å². The summed E-state index contributed by atoms with van der Waals surface area (Å²) in [7, 11) is 3.65. The number of nitrogens with one attached hydrogen (secondary N) is 1. The average Bonchev–Trinajstić information content (AvgIpc) is 3.31. The number of carbonyl (C=O) groups is 2. The highest BCUT2D eigenvalue weighted by Crippen LogP contribution is 2.36. The first-order chi connectivity index (χ1) is 20.3. The predicted molar refractivity (Wildman–Crippen MR) is 167 cm³/mol. The molecule has 1 fully saturated rings. The Labute approximate surface area is 257 Å². The minimum atomic E-state index is -0.889. The summed E-state index contributed by atoms with van der Waals surface area (Å²) in [4.78, 5) is 52.0. The fraction of sp³-hybridized carbons (Fsp3) is 0.345. The van der Waals surface area contributed by atoms with Crippen LogP contribution in [0.1, 0.15) is 24.2 Å². The van der Waals surface area contributed by atoms with E-state index in [4.69, 9.17) is 28.9 Å². The number of phenols is 1. The zero-order valence-corrected chi connectivity index (χ0v) is 25.6. The third-order valence-corrected chi connectivity index (χ3v) is 8.28. The predicted octanol–water partition coefficient (Wildman–Crippen LogP) is 3.32. The summed E-state index contributed by atoms with van der Waals surface area (Å²) in [6.07, 6.45) is 4.46. The number of hydrogen-bond donors (Lipinski definition) is 3. The van der Waals surface area contributed by atoms with Crippen molar-refractivity contribution in [1.29, 1.82) is 0 Å². The van der Waals surface area contributed by atoms with E-state index in [1.54, 1.807) is 19.3 Å². The highest BCUT2D eigenvalue weighted by molar-refractivity contribution is 6.34. The van der Waals surface area contributed by atoms with Gasteiger partial charge in [-0.25, -0.2) is 9.97 Å². The number of primary amides is 1. The van der Waals surface area contributed by atoms with Crippen molar-refractivity contribution < 1.29 is 14.7 Å². The molecular weight excluding hydrogens is 595 g/mol. The van der Waals surface area contributed by atoms with E-state index in [9.17, 15) is 19.5 Å². The van der Waals surface area contributed by atoms with Crippen molar-refractivity contribution in [3.63, 3.8) is 0 Å². The van der Waals surface area contributed by atoms with E-state index >= 15 is 0 Å². The molecule has 43 heavy (non-hydrogen) atoms. The molecule has 1 aromatic carbocycles. The average molecular weight is 628 g/mol. The largest absolute Gasteiger partial charge is 0.506 e. The maximum atomic E-state index is 13.4. The van der Waals surface area contributed by atoms with Crippen LogP contribution < -0.4 is 21.5 Å². The third-order valence-electron chi connectivity index (χ3n) is 7.69. The topological polar surface area (TPSA) is 152 Å². The standard InChI is InChI=1S/C29H32Cl2N8O4/c1-15(2)22-12-36(3)5-6-39(22)23-9-21(20(31)10-33-23)35-24(40)13-38-11-18(25-28(38)34-14-37(4)29(25)43)16-7-17(27(32)42)26(41)19(30)8-16/h7-11,14-15,22,41H,5-6,12-13H2,1-4H3,(H2,32,42)(H,33,35,40)/t22-/m1/s1. The minimum Gasteiger partial charge on any atom is -0.506 e. The van der Waals surface area contributed by atoms with Crippen molar-refractivity contribution in [3.8, 4) is 16.9 Å². The zero-order valence-electron chi connectivity index (χ0n) is 24.1. The molecule has 1 saturated heterocycles. The number of piperazine rings is 1. The van der Waals surface area contributed by atoms with E-state index in [0.29, 0.717) is 22.7 Å². The number of anilines is 2. The second kappa shape index (κ2) is 11.9. The number of aryl methyl sites for hydroxylation is 1. The van der Waals surface area contributed by atoms with E-state index in [0.717, 1.165) is 25.5 Å². The van der Waals surface area contributed by atoms with Gasteiger partial charge < -0.3 is 35.1 Å². The monoisotopic (exact) mass is 626 g/mol. The van der Waals surface area contributed by atoms with Crippen molar-refractivity contribution in [1.82, 2.24) is 24.0 Å². The molecule has 5 rings (SSSR count).